The summed E-state index contributed by atoms with van der Waals surface area (Å²) in [5.74, 6) is 0.763. The maximum atomic E-state index is 8.97. The van der Waals surface area contributed by atoms with Crippen LogP contribution in [0.15, 0.2) is 24.3 Å². The van der Waals surface area contributed by atoms with Crippen LogP contribution in [0.1, 0.15) is 17.8 Å². The second-order valence-corrected chi connectivity index (χ2v) is 5.53. The summed E-state index contributed by atoms with van der Waals surface area (Å²) in [4.78, 5) is 4.52. The van der Waals surface area contributed by atoms with Gasteiger partial charge in [-0.1, -0.05) is 23.5 Å². The van der Waals surface area contributed by atoms with Gasteiger partial charge >= 0.3 is 0 Å². The highest BCUT2D eigenvalue weighted by Gasteiger charge is 2.12. The topological polar surface area (TPSA) is 79.4 Å². The van der Waals surface area contributed by atoms with Crippen LogP contribution in [0.2, 0.25) is 0 Å². The molecule has 0 aliphatic carbocycles. The minimum atomic E-state index is 0.285. The van der Waals surface area contributed by atoms with Gasteiger partial charge in [0.15, 0.2) is 0 Å². The van der Waals surface area contributed by atoms with E-state index in [1.165, 1.54) is 11.3 Å². The van der Waals surface area contributed by atoms with E-state index in [0.717, 1.165) is 33.5 Å². The summed E-state index contributed by atoms with van der Waals surface area (Å²) in [5, 5.41) is 22.1. The summed E-state index contributed by atoms with van der Waals surface area (Å²) in [5.41, 5.74) is 1.92. The fourth-order valence-electron chi connectivity index (χ4n) is 2.18. The van der Waals surface area contributed by atoms with Gasteiger partial charge in [-0.25, -0.2) is 4.98 Å². The lowest BCUT2D eigenvalue weighted by Gasteiger charge is -2.04. The number of nitriles is 1. The van der Waals surface area contributed by atoms with Crippen molar-refractivity contribution in [2.24, 2.45) is 0 Å². The Kier molecular flexibility index (Phi) is 3.79. The van der Waals surface area contributed by atoms with E-state index in [2.05, 4.69) is 26.6 Å². The lowest BCUT2D eigenvalue weighted by Crippen LogP contribution is -2.04. The Morgan fingerprint density at radius 3 is 3.00 bits per heavy atom. The van der Waals surface area contributed by atoms with Crippen LogP contribution in [0.3, 0.4) is 0 Å². The van der Waals surface area contributed by atoms with Gasteiger partial charge in [0.05, 0.1) is 30.1 Å². The van der Waals surface area contributed by atoms with Crippen LogP contribution in [0, 0.1) is 11.3 Å². The van der Waals surface area contributed by atoms with Gasteiger partial charge in [0.2, 0.25) is 5.13 Å². The first-order valence-corrected chi connectivity index (χ1v) is 7.50. The molecule has 0 saturated heterocycles. The SMILES string of the molecule is CCNc1nnc(Cn2c(CC#N)nc3ccccc32)s1. The van der Waals surface area contributed by atoms with E-state index in [-0.39, 0.29) is 6.42 Å². The molecule has 2 heterocycles. The third-order valence-electron chi connectivity index (χ3n) is 3.06. The highest BCUT2D eigenvalue weighted by atomic mass is 32.1. The predicted octanol–water partition coefficient (Wildman–Crippen LogP) is 2.43. The number of anilines is 1. The standard InChI is InChI=1S/C14H14N6S/c1-2-16-14-19-18-13(21-14)9-20-11-6-4-3-5-10(11)17-12(20)7-8-15/h3-6H,2,7,9H2,1H3,(H,16,19). The first-order valence-electron chi connectivity index (χ1n) is 6.69. The van der Waals surface area contributed by atoms with Crippen molar-refractivity contribution < 1.29 is 0 Å². The van der Waals surface area contributed by atoms with Crippen molar-refractivity contribution in [2.75, 3.05) is 11.9 Å². The number of hydrogen-bond donors (Lipinski definition) is 1. The molecule has 0 aliphatic rings. The zero-order chi connectivity index (χ0) is 14.7. The summed E-state index contributed by atoms with van der Waals surface area (Å²) in [7, 11) is 0. The Labute approximate surface area is 126 Å². The molecule has 7 heteroatoms. The van der Waals surface area contributed by atoms with Gasteiger partial charge in [-0.3, -0.25) is 0 Å². The van der Waals surface area contributed by atoms with Gasteiger partial charge in [-0.15, -0.1) is 10.2 Å². The molecular weight excluding hydrogens is 284 g/mol. The Bertz CT molecular complexity index is 797. The summed E-state index contributed by atoms with van der Waals surface area (Å²) < 4.78 is 2.04. The van der Waals surface area contributed by atoms with E-state index in [4.69, 9.17) is 5.26 Å². The second-order valence-electron chi connectivity index (χ2n) is 4.47. The van der Waals surface area contributed by atoms with E-state index < -0.39 is 0 Å². The minimum Gasteiger partial charge on any atom is -0.360 e. The third kappa shape index (κ3) is 2.71. The van der Waals surface area contributed by atoms with Crippen LogP contribution in [0.5, 0.6) is 0 Å². The predicted molar refractivity (Wildman–Crippen MR) is 82.2 cm³/mol. The maximum Gasteiger partial charge on any atom is 0.205 e. The summed E-state index contributed by atoms with van der Waals surface area (Å²) in [6, 6.07) is 10.1. The monoisotopic (exact) mass is 298 g/mol. The lowest BCUT2D eigenvalue weighted by molar-refractivity contribution is 0.754. The summed E-state index contributed by atoms with van der Waals surface area (Å²) >= 11 is 1.53. The number of aromatic nitrogens is 4. The molecule has 0 atom stereocenters. The maximum absolute atomic E-state index is 8.97. The normalized spacial score (nSPS) is 10.7. The smallest absolute Gasteiger partial charge is 0.205 e. The molecule has 1 aromatic carbocycles. The van der Waals surface area contributed by atoms with Crippen molar-refractivity contribution in [3.8, 4) is 6.07 Å². The van der Waals surface area contributed by atoms with E-state index in [9.17, 15) is 0 Å². The second kappa shape index (κ2) is 5.89. The van der Waals surface area contributed by atoms with Crippen molar-refractivity contribution in [1.29, 1.82) is 5.26 Å². The first-order chi connectivity index (χ1) is 10.3. The minimum absolute atomic E-state index is 0.285. The quantitative estimate of drug-likeness (QED) is 0.782. The highest BCUT2D eigenvalue weighted by Crippen LogP contribution is 2.21. The fraction of sp³-hybridized carbons (Fsp3) is 0.286. The van der Waals surface area contributed by atoms with Crippen LogP contribution in [-0.2, 0) is 13.0 Å². The molecule has 6 nitrogen and oxygen atoms in total. The van der Waals surface area contributed by atoms with Crippen LogP contribution < -0.4 is 5.32 Å². The van der Waals surface area contributed by atoms with Crippen molar-refractivity contribution in [1.82, 2.24) is 19.7 Å². The van der Waals surface area contributed by atoms with Gasteiger partial charge in [0.25, 0.3) is 0 Å². The van der Waals surface area contributed by atoms with Crippen LogP contribution in [0.25, 0.3) is 11.0 Å². The molecule has 3 rings (SSSR count). The van der Waals surface area contributed by atoms with Gasteiger partial charge in [0.1, 0.15) is 10.8 Å². The average molecular weight is 298 g/mol. The molecule has 0 amide bonds. The fourth-order valence-corrected chi connectivity index (χ4v) is 2.98. The lowest BCUT2D eigenvalue weighted by atomic mass is 10.3. The van der Waals surface area contributed by atoms with Crippen molar-refractivity contribution >= 4 is 27.5 Å². The Balaban J connectivity index is 1.97. The molecule has 106 valence electrons. The molecule has 0 radical (unpaired) electrons. The first kappa shape index (κ1) is 13.5. The van der Waals surface area contributed by atoms with Crippen LogP contribution >= 0.6 is 11.3 Å². The molecule has 0 fully saturated rings. The molecule has 0 saturated carbocycles. The number of imidazole rings is 1. The molecule has 3 aromatic rings. The van der Waals surface area contributed by atoms with Crippen LogP contribution in [-0.4, -0.2) is 26.3 Å². The summed E-state index contributed by atoms with van der Waals surface area (Å²) in [6.07, 6.45) is 0.285. The molecule has 0 unspecified atom stereocenters. The summed E-state index contributed by atoms with van der Waals surface area (Å²) in [6.45, 7) is 3.43. The molecule has 0 aliphatic heterocycles. The van der Waals surface area contributed by atoms with Crippen LogP contribution in [0.4, 0.5) is 5.13 Å². The van der Waals surface area contributed by atoms with Crippen molar-refractivity contribution in [3.05, 3.63) is 35.1 Å². The molecule has 1 N–H and O–H groups in total. The number of benzene rings is 1. The van der Waals surface area contributed by atoms with E-state index in [1.807, 2.05) is 35.8 Å². The van der Waals surface area contributed by atoms with Gasteiger partial charge in [-0.05, 0) is 19.1 Å². The number of nitrogens with zero attached hydrogens (tertiary/aromatic N) is 5. The van der Waals surface area contributed by atoms with Crippen molar-refractivity contribution in [2.45, 2.75) is 19.9 Å². The Morgan fingerprint density at radius 1 is 1.33 bits per heavy atom. The van der Waals surface area contributed by atoms with E-state index in [0.29, 0.717) is 6.54 Å². The number of fused-ring (bicyclic) bond motifs is 1. The highest BCUT2D eigenvalue weighted by molar-refractivity contribution is 7.15. The third-order valence-corrected chi connectivity index (χ3v) is 3.92. The number of hydrogen-bond acceptors (Lipinski definition) is 6. The number of para-hydroxylation sites is 2. The number of rotatable bonds is 5. The average Bonchev–Trinajstić information content (AvgIpc) is 3.06. The van der Waals surface area contributed by atoms with E-state index in [1.54, 1.807) is 0 Å². The largest absolute Gasteiger partial charge is 0.360 e. The zero-order valence-corrected chi connectivity index (χ0v) is 12.4. The molecule has 0 spiro atoms. The van der Waals surface area contributed by atoms with Crippen molar-refractivity contribution in [3.63, 3.8) is 0 Å². The molecule has 0 bridgehead atoms. The molecule has 21 heavy (non-hydrogen) atoms. The van der Waals surface area contributed by atoms with Gasteiger partial charge in [0, 0.05) is 6.54 Å². The zero-order valence-electron chi connectivity index (χ0n) is 11.6. The Morgan fingerprint density at radius 2 is 2.19 bits per heavy atom. The molecule has 2 aromatic heterocycles. The number of nitrogens with one attached hydrogen (secondary N) is 1. The molecular formula is C14H14N6S. The van der Waals surface area contributed by atoms with E-state index >= 15 is 0 Å². The van der Waals surface area contributed by atoms with Gasteiger partial charge < -0.3 is 9.88 Å². The Hall–Kier alpha value is -2.46. The van der Waals surface area contributed by atoms with Gasteiger partial charge in [-0.2, -0.15) is 5.26 Å².